The van der Waals surface area contributed by atoms with E-state index < -0.39 is 0 Å². The third-order valence-corrected chi connectivity index (χ3v) is 4.96. The largest absolute Gasteiger partial charge is 0.337 e. The fourth-order valence-electron chi connectivity index (χ4n) is 3.61. The molecule has 0 N–H and O–H groups in total. The number of aryl methyl sites for hydroxylation is 2. The highest BCUT2D eigenvalue weighted by Crippen LogP contribution is 2.23. The summed E-state index contributed by atoms with van der Waals surface area (Å²) in [6.07, 6.45) is 6.41. The van der Waals surface area contributed by atoms with Gasteiger partial charge in [-0.25, -0.2) is 4.39 Å². The highest BCUT2D eigenvalue weighted by molar-refractivity contribution is 5.92. The van der Waals surface area contributed by atoms with E-state index in [4.69, 9.17) is 0 Å². The summed E-state index contributed by atoms with van der Waals surface area (Å²) in [5.41, 5.74) is 1.45. The number of carbonyl (C=O) groups is 1. The van der Waals surface area contributed by atoms with Crippen molar-refractivity contribution in [2.75, 3.05) is 13.1 Å². The van der Waals surface area contributed by atoms with Crippen molar-refractivity contribution in [3.05, 3.63) is 53.6 Å². The van der Waals surface area contributed by atoms with Crippen molar-refractivity contribution in [1.29, 1.82) is 0 Å². The van der Waals surface area contributed by atoms with Crippen LogP contribution in [0, 0.1) is 11.7 Å². The molecule has 1 unspecified atom stereocenters. The van der Waals surface area contributed by atoms with Crippen LogP contribution in [0.5, 0.6) is 0 Å². The predicted octanol–water partition coefficient (Wildman–Crippen LogP) is 3.92. The molecule has 1 aliphatic heterocycles. The maximum atomic E-state index is 13.8. The zero-order valence-corrected chi connectivity index (χ0v) is 14.8. The van der Waals surface area contributed by atoms with Crippen molar-refractivity contribution in [3.8, 4) is 0 Å². The van der Waals surface area contributed by atoms with Gasteiger partial charge in [0.15, 0.2) is 0 Å². The number of halogens is 1. The van der Waals surface area contributed by atoms with Gasteiger partial charge in [-0.15, -0.1) is 0 Å². The first-order valence-electron chi connectivity index (χ1n) is 9.23. The van der Waals surface area contributed by atoms with Gasteiger partial charge in [0.05, 0.1) is 0 Å². The normalized spacial score (nSPS) is 17.7. The summed E-state index contributed by atoms with van der Waals surface area (Å²) in [5.74, 6) is 0.371. The molecule has 1 aromatic carbocycles. The molecule has 4 nitrogen and oxygen atoms in total. The first-order valence-corrected chi connectivity index (χ1v) is 9.23. The van der Waals surface area contributed by atoms with Gasteiger partial charge in [-0.2, -0.15) is 5.10 Å². The average molecular weight is 343 g/mol. The SMILES string of the molecule is CCCn1nccc1C(=O)N1CCCC(CCc2ccccc2F)C1. The topological polar surface area (TPSA) is 38.1 Å². The number of aromatic nitrogens is 2. The molecule has 1 aromatic heterocycles. The highest BCUT2D eigenvalue weighted by Gasteiger charge is 2.26. The summed E-state index contributed by atoms with van der Waals surface area (Å²) >= 11 is 0. The predicted molar refractivity (Wildman–Crippen MR) is 95.9 cm³/mol. The molecule has 3 rings (SSSR count). The van der Waals surface area contributed by atoms with Crippen LogP contribution in [0.1, 0.15) is 48.7 Å². The minimum atomic E-state index is -0.130. The zero-order chi connectivity index (χ0) is 17.6. The van der Waals surface area contributed by atoms with E-state index in [1.165, 1.54) is 6.07 Å². The number of piperidine rings is 1. The minimum Gasteiger partial charge on any atom is -0.337 e. The molecule has 134 valence electrons. The quantitative estimate of drug-likeness (QED) is 0.797. The van der Waals surface area contributed by atoms with Gasteiger partial charge >= 0.3 is 0 Å². The van der Waals surface area contributed by atoms with Crippen molar-refractivity contribution in [2.45, 2.75) is 45.6 Å². The molecule has 1 amide bonds. The minimum absolute atomic E-state index is 0.0709. The summed E-state index contributed by atoms with van der Waals surface area (Å²) in [4.78, 5) is 14.8. The van der Waals surface area contributed by atoms with Gasteiger partial charge in [-0.1, -0.05) is 25.1 Å². The number of hydrogen-bond acceptors (Lipinski definition) is 2. The number of carbonyl (C=O) groups excluding carboxylic acids is 1. The van der Waals surface area contributed by atoms with Gasteiger partial charge in [0, 0.05) is 25.8 Å². The molecule has 25 heavy (non-hydrogen) atoms. The third-order valence-electron chi connectivity index (χ3n) is 4.96. The van der Waals surface area contributed by atoms with E-state index in [0.29, 0.717) is 11.6 Å². The van der Waals surface area contributed by atoms with Crippen LogP contribution in [0.2, 0.25) is 0 Å². The van der Waals surface area contributed by atoms with E-state index >= 15 is 0 Å². The Morgan fingerprint density at radius 3 is 2.96 bits per heavy atom. The molecule has 0 radical (unpaired) electrons. The van der Waals surface area contributed by atoms with Crippen molar-refractivity contribution < 1.29 is 9.18 Å². The van der Waals surface area contributed by atoms with Gasteiger partial charge in [0.2, 0.25) is 0 Å². The average Bonchev–Trinajstić information content (AvgIpc) is 3.09. The maximum absolute atomic E-state index is 13.8. The number of benzene rings is 1. The molecular formula is C20H26FN3O. The molecule has 5 heteroatoms. The van der Waals surface area contributed by atoms with Crippen LogP contribution in [0.3, 0.4) is 0 Å². The van der Waals surface area contributed by atoms with Gasteiger partial charge in [0.1, 0.15) is 11.5 Å². The van der Waals surface area contributed by atoms with E-state index in [0.717, 1.165) is 57.3 Å². The van der Waals surface area contributed by atoms with Crippen LogP contribution < -0.4 is 0 Å². The number of amides is 1. The third kappa shape index (κ3) is 4.27. The van der Waals surface area contributed by atoms with E-state index in [-0.39, 0.29) is 11.7 Å². The summed E-state index contributed by atoms with van der Waals surface area (Å²) < 4.78 is 15.6. The fraction of sp³-hybridized carbons (Fsp3) is 0.500. The number of nitrogens with zero attached hydrogens (tertiary/aromatic N) is 3. The second-order valence-corrected chi connectivity index (χ2v) is 6.83. The maximum Gasteiger partial charge on any atom is 0.272 e. The molecule has 0 bridgehead atoms. The fourth-order valence-corrected chi connectivity index (χ4v) is 3.61. The molecule has 1 saturated heterocycles. The molecule has 1 aliphatic rings. The number of hydrogen-bond donors (Lipinski definition) is 0. The van der Waals surface area contributed by atoms with E-state index in [9.17, 15) is 9.18 Å². The van der Waals surface area contributed by atoms with Gasteiger partial charge in [0.25, 0.3) is 5.91 Å². The first-order chi connectivity index (χ1) is 12.2. The molecule has 1 atom stereocenters. The Morgan fingerprint density at radius 1 is 1.32 bits per heavy atom. The Labute approximate surface area is 148 Å². The van der Waals surface area contributed by atoms with Crippen molar-refractivity contribution in [2.24, 2.45) is 5.92 Å². The lowest BCUT2D eigenvalue weighted by Gasteiger charge is -2.33. The summed E-state index contributed by atoms with van der Waals surface area (Å²) in [7, 11) is 0. The Balaban J connectivity index is 1.60. The van der Waals surface area contributed by atoms with Crippen LogP contribution in [0.4, 0.5) is 4.39 Å². The molecule has 2 heterocycles. The Morgan fingerprint density at radius 2 is 2.16 bits per heavy atom. The van der Waals surface area contributed by atoms with E-state index in [2.05, 4.69) is 12.0 Å². The lowest BCUT2D eigenvalue weighted by Crippen LogP contribution is -2.41. The second-order valence-electron chi connectivity index (χ2n) is 6.83. The second kappa shape index (κ2) is 8.28. The molecule has 1 fully saturated rings. The first kappa shape index (κ1) is 17.6. The van der Waals surface area contributed by atoms with Gasteiger partial charge in [-0.05, 0) is 55.7 Å². The molecule has 0 aliphatic carbocycles. The smallest absolute Gasteiger partial charge is 0.272 e. The number of likely N-dealkylation sites (tertiary alicyclic amines) is 1. The van der Waals surface area contributed by atoms with Gasteiger partial charge < -0.3 is 4.90 Å². The lowest BCUT2D eigenvalue weighted by molar-refractivity contribution is 0.0655. The van der Waals surface area contributed by atoms with Crippen LogP contribution in [-0.2, 0) is 13.0 Å². The molecule has 0 spiro atoms. The van der Waals surface area contributed by atoms with Crippen LogP contribution in [-0.4, -0.2) is 33.7 Å². The van der Waals surface area contributed by atoms with Crippen molar-refractivity contribution in [3.63, 3.8) is 0 Å². The number of rotatable bonds is 6. The summed E-state index contributed by atoms with van der Waals surface area (Å²) in [6, 6.07) is 8.77. The van der Waals surface area contributed by atoms with Crippen LogP contribution in [0.25, 0.3) is 0 Å². The van der Waals surface area contributed by atoms with E-state index in [1.54, 1.807) is 23.0 Å². The summed E-state index contributed by atoms with van der Waals surface area (Å²) in [5, 5.41) is 4.25. The monoisotopic (exact) mass is 343 g/mol. The van der Waals surface area contributed by atoms with E-state index in [1.807, 2.05) is 17.0 Å². The van der Waals surface area contributed by atoms with Crippen molar-refractivity contribution >= 4 is 5.91 Å². The standard InChI is InChI=1S/C20H26FN3O/c1-2-13-24-19(11-12-22-24)20(25)23-14-5-6-16(15-23)9-10-17-7-3-4-8-18(17)21/h3-4,7-8,11-12,16H,2,5-6,9-10,13-15H2,1H3. The van der Waals surface area contributed by atoms with Crippen LogP contribution in [0.15, 0.2) is 36.5 Å². The lowest BCUT2D eigenvalue weighted by atomic mass is 9.91. The van der Waals surface area contributed by atoms with Gasteiger partial charge in [-0.3, -0.25) is 9.48 Å². The summed E-state index contributed by atoms with van der Waals surface area (Å²) in [6.45, 7) is 4.39. The zero-order valence-electron chi connectivity index (χ0n) is 14.8. The molecule has 0 saturated carbocycles. The van der Waals surface area contributed by atoms with Crippen molar-refractivity contribution in [1.82, 2.24) is 14.7 Å². The molecular weight excluding hydrogens is 317 g/mol. The molecule has 2 aromatic rings. The Bertz CT molecular complexity index is 712. The van der Waals surface area contributed by atoms with Crippen LogP contribution >= 0.6 is 0 Å². The Kier molecular flexibility index (Phi) is 5.84. The highest BCUT2D eigenvalue weighted by atomic mass is 19.1. The Hall–Kier alpha value is -2.17.